The number of ether oxygens (including phenoxy) is 1. The summed E-state index contributed by atoms with van der Waals surface area (Å²) in [5.41, 5.74) is 0.306. The van der Waals surface area contributed by atoms with E-state index in [0.29, 0.717) is 5.41 Å². The van der Waals surface area contributed by atoms with E-state index in [1.807, 2.05) is 4.90 Å². The van der Waals surface area contributed by atoms with Crippen molar-refractivity contribution in [3.63, 3.8) is 0 Å². The second kappa shape index (κ2) is 8.48. The minimum atomic E-state index is -1.22. The summed E-state index contributed by atoms with van der Waals surface area (Å²) in [6, 6.07) is -0.600. The average molecular weight is 398 g/mol. The Morgan fingerprint density at radius 3 is 2.14 bits per heavy atom. The highest BCUT2D eigenvalue weighted by atomic mass is 16.5. The van der Waals surface area contributed by atoms with Crippen molar-refractivity contribution in [3.8, 4) is 0 Å². The number of aliphatic hydroxyl groups is 4. The molecule has 28 heavy (non-hydrogen) atoms. The largest absolute Gasteiger partial charge is 0.395 e. The van der Waals surface area contributed by atoms with Crippen LogP contribution in [0.15, 0.2) is 0 Å². The van der Waals surface area contributed by atoms with Crippen LogP contribution in [0.2, 0.25) is 0 Å². The number of nitrogens with zero attached hydrogens (tertiary/aromatic N) is 1. The molecule has 1 heterocycles. The zero-order valence-electron chi connectivity index (χ0n) is 17.2. The summed E-state index contributed by atoms with van der Waals surface area (Å²) in [4.78, 5) is 1.90. The highest BCUT2D eigenvalue weighted by molar-refractivity contribution is 5.02. The minimum Gasteiger partial charge on any atom is -0.395 e. The number of piperidine rings is 1. The smallest absolute Gasteiger partial charge is 0.111 e. The summed E-state index contributed by atoms with van der Waals surface area (Å²) < 4.78 is 6.54. The molecule has 5 unspecified atom stereocenters. The van der Waals surface area contributed by atoms with Gasteiger partial charge in [-0.25, -0.2) is 0 Å². The second-order valence-corrected chi connectivity index (χ2v) is 10.3. The molecule has 5 aliphatic rings. The lowest BCUT2D eigenvalue weighted by Crippen LogP contribution is -2.65. The molecule has 5 rings (SSSR count). The third kappa shape index (κ3) is 4.01. The van der Waals surface area contributed by atoms with E-state index in [-0.39, 0.29) is 19.4 Å². The number of β-amino-alcohol motifs (C(OH)–C–C–N with tert-alkyl or cyclic N) is 1. The highest BCUT2D eigenvalue weighted by Crippen LogP contribution is 2.60. The molecule has 1 saturated heterocycles. The van der Waals surface area contributed by atoms with Gasteiger partial charge >= 0.3 is 0 Å². The fourth-order valence-electron chi connectivity index (χ4n) is 7.12. The highest BCUT2D eigenvalue weighted by Gasteiger charge is 2.51. The molecule has 0 radical (unpaired) electrons. The van der Waals surface area contributed by atoms with E-state index in [1.165, 1.54) is 38.5 Å². The van der Waals surface area contributed by atoms with Gasteiger partial charge in [0.05, 0.1) is 25.4 Å². The number of hydrogen-bond donors (Lipinski definition) is 4. The van der Waals surface area contributed by atoms with Gasteiger partial charge in [-0.3, -0.25) is 4.90 Å². The van der Waals surface area contributed by atoms with Gasteiger partial charge in [0.1, 0.15) is 18.4 Å². The zero-order valence-corrected chi connectivity index (χ0v) is 17.2. The Bertz CT molecular complexity index is 494. The van der Waals surface area contributed by atoms with Crippen molar-refractivity contribution in [2.45, 2.75) is 95.3 Å². The van der Waals surface area contributed by atoms with Gasteiger partial charge in [0.15, 0.2) is 0 Å². The Labute approximate surface area is 168 Å². The van der Waals surface area contributed by atoms with Crippen molar-refractivity contribution in [2.75, 3.05) is 19.8 Å². The van der Waals surface area contributed by atoms with E-state index < -0.39 is 24.4 Å². The van der Waals surface area contributed by atoms with Gasteiger partial charge in [-0.15, -0.1) is 0 Å². The summed E-state index contributed by atoms with van der Waals surface area (Å²) >= 11 is 0. The van der Waals surface area contributed by atoms with Crippen LogP contribution in [-0.2, 0) is 4.74 Å². The molecule has 0 spiro atoms. The molecule has 0 aromatic carbocycles. The molecule has 1 aliphatic heterocycles. The lowest BCUT2D eigenvalue weighted by Gasteiger charge is -2.57. The maximum Gasteiger partial charge on any atom is 0.111 e. The number of unbranched alkanes of at least 4 members (excludes halogenated alkanes) is 1. The van der Waals surface area contributed by atoms with Crippen molar-refractivity contribution < 1.29 is 25.2 Å². The average Bonchev–Trinajstić information content (AvgIpc) is 2.65. The summed E-state index contributed by atoms with van der Waals surface area (Å²) in [5.74, 6) is 2.63. The first kappa shape index (κ1) is 21.0. The molecule has 5 atom stereocenters. The first-order valence-electron chi connectivity index (χ1n) is 11.5. The molecule has 6 nitrogen and oxygen atoms in total. The standard InChI is InChI=1S/C22H39NO5/c1-2-3-4-19(23-11-18(25)21(27)20(26)17(23)12-24)28-13-22-8-14-5-15(9-22)7-16(6-14)10-22/h14-21,24-27H,2-13H2,1H3. The molecular formula is C22H39NO5. The van der Waals surface area contributed by atoms with Crippen LogP contribution in [0.4, 0.5) is 0 Å². The Kier molecular flexibility index (Phi) is 6.36. The van der Waals surface area contributed by atoms with Crippen molar-refractivity contribution in [3.05, 3.63) is 0 Å². The van der Waals surface area contributed by atoms with E-state index in [1.54, 1.807) is 0 Å². The van der Waals surface area contributed by atoms with Gasteiger partial charge in [0.2, 0.25) is 0 Å². The van der Waals surface area contributed by atoms with E-state index in [0.717, 1.165) is 43.6 Å². The monoisotopic (exact) mass is 397 g/mol. The maximum atomic E-state index is 10.4. The molecule has 0 amide bonds. The van der Waals surface area contributed by atoms with Crippen LogP contribution in [0.25, 0.3) is 0 Å². The lowest BCUT2D eigenvalue weighted by atomic mass is 9.50. The van der Waals surface area contributed by atoms with Gasteiger partial charge in [-0.2, -0.15) is 0 Å². The maximum absolute atomic E-state index is 10.4. The molecule has 6 heteroatoms. The third-order valence-corrected chi connectivity index (χ3v) is 8.07. The number of rotatable bonds is 8. The fraction of sp³-hybridized carbons (Fsp3) is 1.00. The van der Waals surface area contributed by atoms with E-state index in [2.05, 4.69) is 6.92 Å². The first-order chi connectivity index (χ1) is 13.4. The molecule has 5 fully saturated rings. The quantitative estimate of drug-likeness (QED) is 0.496. The van der Waals surface area contributed by atoms with Crippen LogP contribution in [-0.4, -0.2) is 75.7 Å². The predicted molar refractivity (Wildman–Crippen MR) is 105 cm³/mol. The summed E-state index contributed by atoms with van der Waals surface area (Å²) in [5, 5.41) is 40.5. The molecule has 0 aromatic heterocycles. The zero-order chi connectivity index (χ0) is 19.9. The van der Waals surface area contributed by atoms with Crippen molar-refractivity contribution in [1.29, 1.82) is 0 Å². The van der Waals surface area contributed by atoms with Crippen LogP contribution in [0.1, 0.15) is 64.7 Å². The number of aliphatic hydroxyl groups excluding tert-OH is 4. The number of hydrogen-bond acceptors (Lipinski definition) is 6. The Morgan fingerprint density at radius 2 is 1.61 bits per heavy atom. The van der Waals surface area contributed by atoms with Crippen molar-refractivity contribution in [1.82, 2.24) is 4.90 Å². The molecule has 0 aromatic rings. The van der Waals surface area contributed by atoms with Crippen LogP contribution in [0.5, 0.6) is 0 Å². The van der Waals surface area contributed by atoms with Crippen LogP contribution < -0.4 is 0 Å². The normalized spacial score (nSPS) is 46.8. The van der Waals surface area contributed by atoms with Gasteiger partial charge in [-0.1, -0.05) is 13.3 Å². The fourth-order valence-corrected chi connectivity index (χ4v) is 7.12. The predicted octanol–water partition coefficient (Wildman–Crippen LogP) is 1.49. The second-order valence-electron chi connectivity index (χ2n) is 10.3. The SMILES string of the molecule is CCCCC(OCC12CC3CC(CC(C3)C1)C2)N1CC(O)C(O)C(O)C1CO. The van der Waals surface area contributed by atoms with Gasteiger partial charge in [0, 0.05) is 6.54 Å². The Balaban J connectivity index is 1.45. The summed E-state index contributed by atoms with van der Waals surface area (Å²) in [6.07, 6.45) is 7.30. The molecule has 4 saturated carbocycles. The van der Waals surface area contributed by atoms with E-state index >= 15 is 0 Å². The Hall–Kier alpha value is -0.240. The van der Waals surface area contributed by atoms with Crippen molar-refractivity contribution in [2.24, 2.45) is 23.2 Å². The molecule has 4 N–H and O–H groups in total. The summed E-state index contributed by atoms with van der Waals surface area (Å²) in [6.45, 7) is 2.85. The van der Waals surface area contributed by atoms with Crippen LogP contribution in [0, 0.1) is 23.2 Å². The van der Waals surface area contributed by atoms with Gasteiger partial charge < -0.3 is 25.2 Å². The first-order valence-corrected chi connectivity index (χ1v) is 11.5. The summed E-state index contributed by atoms with van der Waals surface area (Å²) in [7, 11) is 0. The minimum absolute atomic E-state index is 0.221. The number of likely N-dealkylation sites (tertiary alicyclic amines) is 1. The Morgan fingerprint density at radius 1 is 1.00 bits per heavy atom. The molecule has 4 bridgehead atoms. The van der Waals surface area contributed by atoms with E-state index in [4.69, 9.17) is 4.74 Å². The molecule has 4 aliphatic carbocycles. The molecular weight excluding hydrogens is 358 g/mol. The van der Waals surface area contributed by atoms with Gasteiger partial charge in [0.25, 0.3) is 0 Å². The van der Waals surface area contributed by atoms with E-state index in [9.17, 15) is 20.4 Å². The van der Waals surface area contributed by atoms with Gasteiger partial charge in [-0.05, 0) is 74.5 Å². The lowest BCUT2D eigenvalue weighted by molar-refractivity contribution is -0.207. The van der Waals surface area contributed by atoms with Crippen LogP contribution in [0.3, 0.4) is 0 Å². The topological polar surface area (TPSA) is 93.4 Å². The molecule has 162 valence electrons. The third-order valence-electron chi connectivity index (χ3n) is 8.07. The van der Waals surface area contributed by atoms with Crippen LogP contribution >= 0.6 is 0 Å². The van der Waals surface area contributed by atoms with Crippen molar-refractivity contribution >= 4 is 0 Å².